The van der Waals surface area contributed by atoms with E-state index in [0.717, 1.165) is 58.5 Å². The Balaban J connectivity index is 0.00000147. The predicted molar refractivity (Wildman–Crippen MR) is 83.3 cm³/mol. The molecule has 0 radical (unpaired) electrons. The number of nitrogens with one attached hydrogen (secondary N) is 1. The highest BCUT2D eigenvalue weighted by atomic mass is 35.5. The molecule has 20 heavy (non-hydrogen) atoms. The van der Waals surface area contributed by atoms with Crippen LogP contribution in [0.3, 0.4) is 0 Å². The molecule has 2 heterocycles. The third kappa shape index (κ3) is 2.83. The van der Waals surface area contributed by atoms with Crippen LogP contribution >= 0.6 is 12.4 Å². The third-order valence-electron chi connectivity index (χ3n) is 5.56. The Morgan fingerprint density at radius 3 is 2.50 bits per heavy atom. The average Bonchev–Trinajstić information content (AvgIpc) is 2.88. The second kappa shape index (κ2) is 6.63. The first kappa shape index (κ1) is 16.1. The maximum absolute atomic E-state index is 12.7. The normalized spacial score (nSPS) is 29.6. The molecule has 1 unspecified atom stereocenters. The summed E-state index contributed by atoms with van der Waals surface area (Å²) in [5.41, 5.74) is 0.0261. The molecular weight excluding hydrogens is 274 g/mol. The zero-order valence-electron chi connectivity index (χ0n) is 12.6. The number of hydrogen-bond acceptors (Lipinski definition) is 3. The van der Waals surface area contributed by atoms with Crippen molar-refractivity contribution in [3.05, 3.63) is 0 Å². The molecule has 5 heteroatoms. The number of hydrogen-bond donors (Lipinski definition) is 1. The predicted octanol–water partition coefficient (Wildman–Crippen LogP) is 1.49. The van der Waals surface area contributed by atoms with Crippen LogP contribution < -0.4 is 5.32 Å². The van der Waals surface area contributed by atoms with Crippen LogP contribution in [0.5, 0.6) is 0 Å². The summed E-state index contributed by atoms with van der Waals surface area (Å²) in [6, 6.07) is 0.611. The molecule has 2 aliphatic heterocycles. The minimum atomic E-state index is 0. The molecule has 3 aliphatic rings. The highest BCUT2D eigenvalue weighted by Gasteiger charge is 2.46. The molecule has 3 rings (SSSR count). The number of halogens is 1. The third-order valence-corrected chi connectivity index (χ3v) is 5.56. The summed E-state index contributed by atoms with van der Waals surface area (Å²) in [7, 11) is 0. The van der Waals surface area contributed by atoms with Crippen LogP contribution in [0.4, 0.5) is 0 Å². The van der Waals surface area contributed by atoms with Crippen LogP contribution in [0.2, 0.25) is 0 Å². The van der Waals surface area contributed by atoms with E-state index in [2.05, 4.69) is 22.0 Å². The molecule has 1 N–H and O–H groups in total. The van der Waals surface area contributed by atoms with Crippen LogP contribution in [-0.2, 0) is 4.79 Å². The topological polar surface area (TPSA) is 35.6 Å². The van der Waals surface area contributed by atoms with Crippen LogP contribution in [-0.4, -0.2) is 61.0 Å². The van der Waals surface area contributed by atoms with Crippen molar-refractivity contribution in [3.8, 4) is 0 Å². The number of likely N-dealkylation sites (tertiary alicyclic amines) is 1. The van der Waals surface area contributed by atoms with Gasteiger partial charge in [0.2, 0.25) is 5.91 Å². The molecule has 1 amide bonds. The number of nitrogens with zero attached hydrogens (tertiary/aromatic N) is 2. The number of rotatable bonds is 3. The highest BCUT2D eigenvalue weighted by Crippen LogP contribution is 2.45. The van der Waals surface area contributed by atoms with Gasteiger partial charge >= 0.3 is 0 Å². The largest absolute Gasteiger partial charge is 0.341 e. The van der Waals surface area contributed by atoms with Gasteiger partial charge in [-0.05, 0) is 25.7 Å². The van der Waals surface area contributed by atoms with E-state index in [1.165, 1.54) is 12.8 Å². The van der Waals surface area contributed by atoms with Gasteiger partial charge in [-0.3, -0.25) is 9.69 Å². The maximum Gasteiger partial charge on any atom is 0.228 e. The van der Waals surface area contributed by atoms with Crippen LogP contribution in [0, 0.1) is 5.41 Å². The molecule has 1 saturated carbocycles. The van der Waals surface area contributed by atoms with E-state index in [4.69, 9.17) is 0 Å². The number of carbonyl (C=O) groups excluding carboxylic acids is 1. The molecule has 0 aromatic carbocycles. The van der Waals surface area contributed by atoms with Crippen LogP contribution in [0.1, 0.15) is 39.0 Å². The smallest absolute Gasteiger partial charge is 0.228 e. The van der Waals surface area contributed by atoms with Crippen molar-refractivity contribution in [2.75, 3.05) is 39.3 Å². The van der Waals surface area contributed by atoms with E-state index in [1.807, 2.05) is 0 Å². The van der Waals surface area contributed by atoms with Gasteiger partial charge in [-0.15, -0.1) is 12.4 Å². The fraction of sp³-hybridized carbons (Fsp3) is 0.933. The lowest BCUT2D eigenvalue weighted by molar-refractivity contribution is -0.146. The molecule has 1 aliphatic carbocycles. The van der Waals surface area contributed by atoms with Gasteiger partial charge in [0.25, 0.3) is 0 Å². The quantitative estimate of drug-likeness (QED) is 0.858. The van der Waals surface area contributed by atoms with Crippen molar-refractivity contribution < 1.29 is 4.79 Å². The Hall–Kier alpha value is -0.320. The minimum absolute atomic E-state index is 0. The van der Waals surface area contributed by atoms with E-state index < -0.39 is 0 Å². The van der Waals surface area contributed by atoms with Gasteiger partial charge in [-0.25, -0.2) is 0 Å². The SMILES string of the molecule is CCC1(C(=O)N2CCC(N3CCNCC3)C2)CCC1.Cl. The minimum Gasteiger partial charge on any atom is -0.341 e. The van der Waals surface area contributed by atoms with Crippen LogP contribution in [0.25, 0.3) is 0 Å². The summed E-state index contributed by atoms with van der Waals surface area (Å²) < 4.78 is 0. The number of piperazine rings is 1. The average molecular weight is 302 g/mol. The summed E-state index contributed by atoms with van der Waals surface area (Å²) in [5.74, 6) is 0.457. The number of amides is 1. The summed E-state index contributed by atoms with van der Waals surface area (Å²) in [6.07, 6.45) is 5.69. The fourth-order valence-corrected chi connectivity index (χ4v) is 3.93. The van der Waals surface area contributed by atoms with Gasteiger partial charge in [0.05, 0.1) is 0 Å². The Morgan fingerprint density at radius 2 is 1.95 bits per heavy atom. The lowest BCUT2D eigenvalue weighted by Crippen LogP contribution is -2.51. The second-order valence-corrected chi connectivity index (χ2v) is 6.47. The molecular formula is C15H28ClN3O. The summed E-state index contributed by atoms with van der Waals surface area (Å²) in [6.45, 7) is 8.63. The lowest BCUT2D eigenvalue weighted by Gasteiger charge is -2.42. The van der Waals surface area contributed by atoms with Gasteiger partial charge in [0.15, 0.2) is 0 Å². The first-order valence-corrected chi connectivity index (χ1v) is 7.99. The van der Waals surface area contributed by atoms with Crippen LogP contribution in [0.15, 0.2) is 0 Å². The van der Waals surface area contributed by atoms with Crippen molar-refractivity contribution in [1.29, 1.82) is 0 Å². The Bertz CT molecular complexity index is 335. The lowest BCUT2D eigenvalue weighted by atomic mass is 9.66. The maximum atomic E-state index is 12.7. The van der Waals surface area contributed by atoms with Crippen molar-refractivity contribution in [2.24, 2.45) is 5.41 Å². The van der Waals surface area contributed by atoms with E-state index >= 15 is 0 Å². The zero-order chi connectivity index (χ0) is 13.3. The van der Waals surface area contributed by atoms with Gasteiger partial charge in [0, 0.05) is 50.7 Å². The zero-order valence-corrected chi connectivity index (χ0v) is 13.4. The van der Waals surface area contributed by atoms with Crippen molar-refractivity contribution >= 4 is 18.3 Å². The van der Waals surface area contributed by atoms with E-state index in [9.17, 15) is 4.79 Å². The first-order valence-electron chi connectivity index (χ1n) is 7.99. The van der Waals surface area contributed by atoms with Gasteiger partial charge < -0.3 is 10.2 Å². The van der Waals surface area contributed by atoms with Crippen molar-refractivity contribution in [1.82, 2.24) is 15.1 Å². The Labute approximate surface area is 128 Å². The van der Waals surface area contributed by atoms with Crippen molar-refractivity contribution in [2.45, 2.75) is 45.1 Å². The molecule has 116 valence electrons. The Kier molecular flexibility index (Phi) is 5.32. The molecule has 3 fully saturated rings. The van der Waals surface area contributed by atoms with Crippen molar-refractivity contribution in [3.63, 3.8) is 0 Å². The molecule has 0 aromatic rings. The first-order chi connectivity index (χ1) is 9.25. The monoisotopic (exact) mass is 301 g/mol. The Morgan fingerprint density at radius 1 is 1.25 bits per heavy atom. The fourth-order valence-electron chi connectivity index (χ4n) is 3.93. The van der Waals surface area contributed by atoms with Gasteiger partial charge in [-0.1, -0.05) is 13.3 Å². The second-order valence-electron chi connectivity index (χ2n) is 6.47. The molecule has 1 atom stereocenters. The number of carbonyl (C=O) groups is 1. The highest BCUT2D eigenvalue weighted by molar-refractivity contribution is 5.85. The molecule has 4 nitrogen and oxygen atoms in total. The van der Waals surface area contributed by atoms with Gasteiger partial charge in [-0.2, -0.15) is 0 Å². The standard InChI is InChI=1S/C15H27N3O.ClH/c1-2-15(5-3-6-15)14(19)18-9-4-13(12-18)17-10-7-16-8-11-17;/h13,16H,2-12H2,1H3;1H. The van der Waals surface area contributed by atoms with E-state index in [-0.39, 0.29) is 17.8 Å². The molecule has 2 saturated heterocycles. The molecule has 0 aromatic heterocycles. The summed E-state index contributed by atoms with van der Waals surface area (Å²) in [5, 5.41) is 3.40. The van der Waals surface area contributed by atoms with E-state index in [1.54, 1.807) is 0 Å². The summed E-state index contributed by atoms with van der Waals surface area (Å²) in [4.78, 5) is 17.4. The van der Waals surface area contributed by atoms with Gasteiger partial charge in [0.1, 0.15) is 0 Å². The molecule has 0 bridgehead atoms. The summed E-state index contributed by atoms with van der Waals surface area (Å²) >= 11 is 0. The molecule has 0 spiro atoms. The van der Waals surface area contributed by atoms with E-state index in [0.29, 0.717) is 11.9 Å².